The molecule has 0 spiro atoms. The van der Waals surface area contributed by atoms with Crippen molar-refractivity contribution in [1.82, 2.24) is 0 Å². The van der Waals surface area contributed by atoms with E-state index in [1.807, 2.05) is 25.2 Å². The van der Waals surface area contributed by atoms with Crippen molar-refractivity contribution in [1.29, 1.82) is 0 Å². The molecule has 2 N–H and O–H groups in total. The van der Waals surface area contributed by atoms with Crippen LogP contribution in [0.3, 0.4) is 0 Å². The molecule has 0 unspecified atom stereocenters. The topological polar surface area (TPSA) is 26.0 Å². The summed E-state index contributed by atoms with van der Waals surface area (Å²) in [5.41, 5.74) is 6.41. The molecule has 9 heavy (non-hydrogen) atoms. The number of hydrogen-bond acceptors (Lipinski definition) is 1. The zero-order valence-electron chi connectivity index (χ0n) is 5.80. The second-order valence-electron chi connectivity index (χ2n) is 1.68. The minimum absolute atomic E-state index is 0.563. The third-order valence-corrected chi connectivity index (χ3v) is 1.00. The Labute approximate surface area is 56.6 Å². The van der Waals surface area contributed by atoms with Crippen molar-refractivity contribution in [3.05, 3.63) is 36.5 Å². The normalized spacial score (nSPS) is 12.4. The zero-order chi connectivity index (χ0) is 7.11. The Morgan fingerprint density at radius 2 is 2.33 bits per heavy atom. The van der Waals surface area contributed by atoms with Gasteiger partial charge in [0.05, 0.1) is 0 Å². The maximum atomic E-state index is 5.35. The van der Waals surface area contributed by atoms with Gasteiger partial charge in [0, 0.05) is 6.54 Å². The standard InChI is InChI=1S/C8H13N/c1-3-5-6-8(4-2)7-9/h3-6H,2,7,9H2,1H3/b5-3-,8-6+. The maximum absolute atomic E-state index is 5.35. The zero-order valence-corrected chi connectivity index (χ0v) is 5.80. The molecule has 0 aromatic heterocycles. The van der Waals surface area contributed by atoms with Gasteiger partial charge in [0.1, 0.15) is 0 Å². The van der Waals surface area contributed by atoms with E-state index in [4.69, 9.17) is 5.73 Å². The van der Waals surface area contributed by atoms with Crippen molar-refractivity contribution in [2.45, 2.75) is 6.92 Å². The highest BCUT2D eigenvalue weighted by Crippen LogP contribution is 1.91. The largest absolute Gasteiger partial charge is 0.326 e. The van der Waals surface area contributed by atoms with Gasteiger partial charge in [-0.3, -0.25) is 0 Å². The number of rotatable bonds is 3. The molecule has 0 bridgehead atoms. The Bertz CT molecular complexity index is 132. The van der Waals surface area contributed by atoms with Crippen molar-refractivity contribution in [2.75, 3.05) is 6.54 Å². The van der Waals surface area contributed by atoms with Crippen molar-refractivity contribution in [3.8, 4) is 0 Å². The molecule has 0 aromatic rings. The summed E-state index contributed by atoms with van der Waals surface area (Å²) in [6, 6.07) is 0. The van der Waals surface area contributed by atoms with Gasteiger partial charge in [0.15, 0.2) is 0 Å². The molecule has 0 fully saturated rings. The summed E-state index contributed by atoms with van der Waals surface area (Å²) in [7, 11) is 0. The molecule has 0 atom stereocenters. The third-order valence-electron chi connectivity index (χ3n) is 1.00. The summed E-state index contributed by atoms with van der Waals surface area (Å²) in [6.07, 6.45) is 7.62. The molecule has 0 aliphatic rings. The van der Waals surface area contributed by atoms with Crippen LogP contribution in [0.1, 0.15) is 6.92 Å². The van der Waals surface area contributed by atoms with Crippen LogP contribution in [0, 0.1) is 0 Å². The lowest BCUT2D eigenvalue weighted by Gasteiger charge is -1.90. The van der Waals surface area contributed by atoms with Crippen LogP contribution in [0.5, 0.6) is 0 Å². The van der Waals surface area contributed by atoms with Gasteiger partial charge in [-0.05, 0) is 12.5 Å². The number of allylic oxidation sites excluding steroid dienone is 3. The first-order chi connectivity index (χ1) is 4.35. The Kier molecular flexibility index (Phi) is 4.83. The molecule has 1 heteroatoms. The molecule has 0 radical (unpaired) electrons. The van der Waals surface area contributed by atoms with Crippen LogP contribution in [-0.2, 0) is 0 Å². The average molecular weight is 123 g/mol. The van der Waals surface area contributed by atoms with Gasteiger partial charge in [-0.2, -0.15) is 0 Å². The van der Waals surface area contributed by atoms with E-state index < -0.39 is 0 Å². The maximum Gasteiger partial charge on any atom is 0.0177 e. The van der Waals surface area contributed by atoms with Crippen LogP contribution in [0.4, 0.5) is 0 Å². The first kappa shape index (κ1) is 8.18. The summed E-state index contributed by atoms with van der Waals surface area (Å²) >= 11 is 0. The highest BCUT2D eigenvalue weighted by molar-refractivity contribution is 5.22. The second-order valence-corrected chi connectivity index (χ2v) is 1.68. The van der Waals surface area contributed by atoms with Gasteiger partial charge < -0.3 is 5.73 Å². The van der Waals surface area contributed by atoms with Crippen LogP contribution >= 0.6 is 0 Å². The van der Waals surface area contributed by atoms with E-state index in [0.29, 0.717) is 6.54 Å². The predicted molar refractivity (Wildman–Crippen MR) is 42.1 cm³/mol. The summed E-state index contributed by atoms with van der Waals surface area (Å²) in [5.74, 6) is 0. The molecule has 0 aliphatic heterocycles. The monoisotopic (exact) mass is 123 g/mol. The van der Waals surface area contributed by atoms with Crippen LogP contribution in [0.2, 0.25) is 0 Å². The highest BCUT2D eigenvalue weighted by atomic mass is 14.5. The number of hydrogen-bond donors (Lipinski definition) is 1. The van der Waals surface area contributed by atoms with Crippen LogP contribution in [0.25, 0.3) is 0 Å². The van der Waals surface area contributed by atoms with E-state index in [9.17, 15) is 0 Å². The quantitative estimate of drug-likeness (QED) is 0.567. The Morgan fingerprint density at radius 1 is 1.67 bits per heavy atom. The van der Waals surface area contributed by atoms with Crippen molar-refractivity contribution in [3.63, 3.8) is 0 Å². The fourth-order valence-electron chi connectivity index (χ4n) is 0.439. The lowest BCUT2D eigenvalue weighted by atomic mass is 10.2. The van der Waals surface area contributed by atoms with E-state index in [-0.39, 0.29) is 0 Å². The van der Waals surface area contributed by atoms with Gasteiger partial charge in [0.2, 0.25) is 0 Å². The SMILES string of the molecule is C=C/C(=C\C=C/C)CN. The van der Waals surface area contributed by atoms with E-state index in [2.05, 4.69) is 6.58 Å². The molecule has 0 saturated carbocycles. The van der Waals surface area contributed by atoms with Crippen LogP contribution < -0.4 is 5.73 Å². The average Bonchev–Trinajstić information content (AvgIpc) is 1.91. The van der Waals surface area contributed by atoms with E-state index in [1.54, 1.807) is 6.08 Å². The van der Waals surface area contributed by atoms with Gasteiger partial charge in [-0.15, -0.1) is 0 Å². The molecule has 0 heterocycles. The van der Waals surface area contributed by atoms with Crippen molar-refractivity contribution in [2.24, 2.45) is 5.73 Å². The van der Waals surface area contributed by atoms with Gasteiger partial charge in [-0.1, -0.05) is 30.9 Å². The minimum atomic E-state index is 0.563. The molecule has 1 nitrogen and oxygen atoms in total. The van der Waals surface area contributed by atoms with Crippen LogP contribution in [0.15, 0.2) is 36.5 Å². The van der Waals surface area contributed by atoms with Crippen LogP contribution in [-0.4, -0.2) is 6.54 Å². The first-order valence-corrected chi connectivity index (χ1v) is 2.99. The molecule has 0 saturated heterocycles. The van der Waals surface area contributed by atoms with Crippen molar-refractivity contribution < 1.29 is 0 Å². The van der Waals surface area contributed by atoms with E-state index in [1.165, 1.54) is 0 Å². The van der Waals surface area contributed by atoms with E-state index >= 15 is 0 Å². The lowest BCUT2D eigenvalue weighted by molar-refractivity contribution is 1.19. The van der Waals surface area contributed by atoms with Crippen molar-refractivity contribution >= 4 is 0 Å². The highest BCUT2D eigenvalue weighted by Gasteiger charge is 1.79. The minimum Gasteiger partial charge on any atom is -0.326 e. The second kappa shape index (κ2) is 5.32. The molecule has 0 aliphatic carbocycles. The molecule has 0 amide bonds. The summed E-state index contributed by atoms with van der Waals surface area (Å²) in [6.45, 7) is 6.13. The Balaban J connectivity index is 3.90. The third kappa shape index (κ3) is 3.74. The molecule has 0 aromatic carbocycles. The van der Waals surface area contributed by atoms with Gasteiger partial charge in [0.25, 0.3) is 0 Å². The van der Waals surface area contributed by atoms with E-state index in [0.717, 1.165) is 5.57 Å². The summed E-state index contributed by atoms with van der Waals surface area (Å²) in [4.78, 5) is 0. The molecule has 50 valence electrons. The molecular formula is C8H13N. The van der Waals surface area contributed by atoms with Gasteiger partial charge >= 0.3 is 0 Å². The molecule has 0 rings (SSSR count). The van der Waals surface area contributed by atoms with Gasteiger partial charge in [-0.25, -0.2) is 0 Å². The first-order valence-electron chi connectivity index (χ1n) is 2.99. The smallest absolute Gasteiger partial charge is 0.0177 e. The summed E-state index contributed by atoms with van der Waals surface area (Å²) in [5, 5.41) is 0. The Morgan fingerprint density at radius 3 is 2.67 bits per heavy atom. The Hall–Kier alpha value is -0.820. The summed E-state index contributed by atoms with van der Waals surface area (Å²) < 4.78 is 0. The fourth-order valence-corrected chi connectivity index (χ4v) is 0.439. The predicted octanol–water partition coefficient (Wildman–Crippen LogP) is 1.63. The lowest BCUT2D eigenvalue weighted by Crippen LogP contribution is -1.99. The number of nitrogens with two attached hydrogens (primary N) is 1. The molecular weight excluding hydrogens is 110 g/mol. The fraction of sp³-hybridized carbons (Fsp3) is 0.250.